The first-order valence-electron chi connectivity index (χ1n) is 7.12. The zero-order valence-electron chi connectivity index (χ0n) is 11.6. The van der Waals surface area contributed by atoms with Crippen LogP contribution < -0.4 is 10.6 Å². The minimum absolute atomic E-state index is 0.164. The van der Waals surface area contributed by atoms with Gasteiger partial charge >= 0.3 is 0 Å². The second-order valence-electron chi connectivity index (χ2n) is 4.98. The van der Waals surface area contributed by atoms with Gasteiger partial charge in [0.2, 0.25) is 0 Å². The Labute approximate surface area is 125 Å². The lowest BCUT2D eigenvalue weighted by Gasteiger charge is -2.15. The summed E-state index contributed by atoms with van der Waals surface area (Å²) in [5.41, 5.74) is 0.619. The van der Waals surface area contributed by atoms with Crippen LogP contribution in [0.5, 0.6) is 0 Å². The molecule has 1 aromatic rings. The summed E-state index contributed by atoms with van der Waals surface area (Å²) in [5.74, 6) is -0.164. The van der Waals surface area contributed by atoms with E-state index in [1.165, 1.54) is 25.9 Å². The van der Waals surface area contributed by atoms with Crippen molar-refractivity contribution < 1.29 is 4.79 Å². The van der Waals surface area contributed by atoms with Crippen LogP contribution in [0.25, 0.3) is 0 Å². The third-order valence-corrected chi connectivity index (χ3v) is 3.64. The molecule has 1 aliphatic heterocycles. The monoisotopic (exact) mass is 291 g/mol. The molecule has 0 bridgehead atoms. The molecule has 0 saturated carbocycles. The number of amides is 1. The number of likely N-dealkylation sites (tertiary alicyclic amines) is 1. The molecule has 0 unspecified atom stereocenters. The molecular weight excluding hydrogens is 270 g/mol. The van der Waals surface area contributed by atoms with Crippen molar-refractivity contribution in [1.29, 1.82) is 0 Å². The summed E-state index contributed by atoms with van der Waals surface area (Å²) in [7, 11) is 0. The predicted molar refractivity (Wildman–Crippen MR) is 84.8 cm³/mol. The summed E-state index contributed by atoms with van der Waals surface area (Å²) in [5, 5.41) is 6.18. The second kappa shape index (κ2) is 7.97. The molecule has 108 valence electrons. The van der Waals surface area contributed by atoms with Crippen LogP contribution in [0.2, 0.25) is 0 Å². The van der Waals surface area contributed by atoms with Gasteiger partial charge in [-0.25, -0.2) is 0 Å². The Morgan fingerprint density at radius 2 is 1.90 bits per heavy atom. The van der Waals surface area contributed by atoms with E-state index >= 15 is 0 Å². The summed E-state index contributed by atoms with van der Waals surface area (Å²) in [4.78, 5) is 14.3. The van der Waals surface area contributed by atoms with E-state index in [2.05, 4.69) is 15.5 Å². The normalized spacial score (nSPS) is 15.0. The number of hydrogen-bond acceptors (Lipinski definition) is 3. The molecule has 1 aromatic carbocycles. The maximum Gasteiger partial charge on any atom is 0.257 e. The number of carbonyl (C=O) groups excluding carboxylic acids is 1. The van der Waals surface area contributed by atoms with Crippen molar-refractivity contribution in [1.82, 2.24) is 15.5 Å². The largest absolute Gasteiger partial charge is 0.362 e. The fourth-order valence-corrected chi connectivity index (χ4v) is 2.51. The van der Waals surface area contributed by atoms with Crippen LogP contribution in [0.4, 0.5) is 0 Å². The minimum Gasteiger partial charge on any atom is -0.362 e. The fourth-order valence-electron chi connectivity index (χ4n) is 2.32. The average Bonchev–Trinajstić information content (AvgIpc) is 2.98. The van der Waals surface area contributed by atoms with Gasteiger partial charge in [0.25, 0.3) is 5.91 Å². The lowest BCUT2D eigenvalue weighted by atomic mass is 10.2. The summed E-state index contributed by atoms with van der Waals surface area (Å²) >= 11 is 5.12. The van der Waals surface area contributed by atoms with E-state index < -0.39 is 0 Å². The van der Waals surface area contributed by atoms with Gasteiger partial charge < -0.3 is 10.2 Å². The van der Waals surface area contributed by atoms with E-state index in [1.54, 1.807) is 12.1 Å². The zero-order chi connectivity index (χ0) is 14.2. The van der Waals surface area contributed by atoms with E-state index in [0.29, 0.717) is 10.7 Å². The molecule has 1 amide bonds. The Kier molecular flexibility index (Phi) is 5.95. The molecule has 4 nitrogen and oxygen atoms in total. The van der Waals surface area contributed by atoms with Gasteiger partial charge in [0.05, 0.1) is 0 Å². The Morgan fingerprint density at radius 1 is 1.20 bits per heavy atom. The van der Waals surface area contributed by atoms with Crippen molar-refractivity contribution in [2.24, 2.45) is 0 Å². The molecule has 20 heavy (non-hydrogen) atoms. The highest BCUT2D eigenvalue weighted by Crippen LogP contribution is 2.06. The molecular formula is C15H21N3OS. The first kappa shape index (κ1) is 14.9. The molecule has 0 atom stereocenters. The molecule has 0 aromatic heterocycles. The first-order chi connectivity index (χ1) is 9.75. The molecule has 1 heterocycles. The van der Waals surface area contributed by atoms with Crippen molar-refractivity contribution in [2.75, 3.05) is 26.2 Å². The number of thiocarbonyl (C=S) groups is 1. The third-order valence-electron chi connectivity index (χ3n) is 3.40. The van der Waals surface area contributed by atoms with Crippen molar-refractivity contribution in [2.45, 2.75) is 19.3 Å². The van der Waals surface area contributed by atoms with Crippen LogP contribution in [0.3, 0.4) is 0 Å². The van der Waals surface area contributed by atoms with Gasteiger partial charge in [-0.3, -0.25) is 10.1 Å². The lowest BCUT2D eigenvalue weighted by Crippen LogP contribution is -2.40. The lowest BCUT2D eigenvalue weighted by molar-refractivity contribution is 0.0976. The predicted octanol–water partition coefficient (Wildman–Crippen LogP) is 1.78. The Balaban J connectivity index is 1.61. The Bertz CT molecular complexity index is 444. The molecule has 2 N–H and O–H groups in total. The van der Waals surface area contributed by atoms with Crippen molar-refractivity contribution >= 4 is 23.2 Å². The van der Waals surface area contributed by atoms with Crippen LogP contribution in [0.1, 0.15) is 29.6 Å². The van der Waals surface area contributed by atoms with Gasteiger partial charge in [-0.15, -0.1) is 0 Å². The van der Waals surface area contributed by atoms with Crippen LogP contribution >= 0.6 is 12.2 Å². The van der Waals surface area contributed by atoms with Gasteiger partial charge in [0, 0.05) is 12.1 Å². The number of carbonyl (C=O) groups is 1. The molecule has 0 spiro atoms. The van der Waals surface area contributed by atoms with Crippen LogP contribution in [0, 0.1) is 0 Å². The SMILES string of the molecule is O=C(NC(=S)NCCCN1CCCC1)c1ccccc1. The topological polar surface area (TPSA) is 44.4 Å². The molecule has 5 heteroatoms. The number of hydrogen-bond donors (Lipinski definition) is 2. The van der Waals surface area contributed by atoms with Crippen LogP contribution in [0.15, 0.2) is 30.3 Å². The number of rotatable bonds is 5. The van der Waals surface area contributed by atoms with Crippen LogP contribution in [-0.2, 0) is 0 Å². The number of nitrogens with zero attached hydrogens (tertiary/aromatic N) is 1. The fraction of sp³-hybridized carbons (Fsp3) is 0.467. The highest BCUT2D eigenvalue weighted by atomic mass is 32.1. The van der Waals surface area contributed by atoms with Crippen molar-refractivity contribution in [3.05, 3.63) is 35.9 Å². The van der Waals surface area contributed by atoms with Gasteiger partial charge in [0.15, 0.2) is 5.11 Å². The molecule has 1 saturated heterocycles. The smallest absolute Gasteiger partial charge is 0.257 e. The van der Waals surface area contributed by atoms with E-state index in [1.807, 2.05) is 18.2 Å². The van der Waals surface area contributed by atoms with Gasteiger partial charge in [-0.1, -0.05) is 18.2 Å². The van der Waals surface area contributed by atoms with Gasteiger partial charge in [0.1, 0.15) is 0 Å². The molecule has 1 fully saturated rings. The Hall–Kier alpha value is -1.46. The quantitative estimate of drug-likeness (QED) is 0.641. The minimum atomic E-state index is -0.164. The molecule has 0 radical (unpaired) electrons. The van der Waals surface area contributed by atoms with E-state index in [0.717, 1.165) is 19.5 Å². The highest BCUT2D eigenvalue weighted by Gasteiger charge is 2.10. The van der Waals surface area contributed by atoms with Gasteiger partial charge in [-0.2, -0.15) is 0 Å². The maximum atomic E-state index is 11.9. The van der Waals surface area contributed by atoms with E-state index in [9.17, 15) is 4.79 Å². The molecule has 2 rings (SSSR count). The average molecular weight is 291 g/mol. The molecule has 0 aliphatic carbocycles. The second-order valence-corrected chi connectivity index (χ2v) is 5.39. The zero-order valence-corrected chi connectivity index (χ0v) is 12.4. The Morgan fingerprint density at radius 3 is 2.60 bits per heavy atom. The summed E-state index contributed by atoms with van der Waals surface area (Å²) in [6.45, 7) is 4.33. The standard InChI is InChI=1S/C15H21N3OS/c19-14(13-7-2-1-3-8-13)17-15(20)16-9-6-12-18-10-4-5-11-18/h1-3,7-8H,4-6,9-12H2,(H2,16,17,19,20). The molecule has 1 aliphatic rings. The van der Waals surface area contributed by atoms with Gasteiger partial charge in [-0.05, 0) is 63.2 Å². The summed E-state index contributed by atoms with van der Waals surface area (Å²) < 4.78 is 0. The summed E-state index contributed by atoms with van der Waals surface area (Å²) in [6.07, 6.45) is 3.68. The third kappa shape index (κ3) is 4.90. The summed E-state index contributed by atoms with van der Waals surface area (Å²) in [6, 6.07) is 9.09. The highest BCUT2D eigenvalue weighted by molar-refractivity contribution is 7.80. The van der Waals surface area contributed by atoms with E-state index in [4.69, 9.17) is 12.2 Å². The van der Waals surface area contributed by atoms with E-state index in [-0.39, 0.29) is 5.91 Å². The number of benzene rings is 1. The number of nitrogens with one attached hydrogen (secondary N) is 2. The van der Waals surface area contributed by atoms with Crippen molar-refractivity contribution in [3.63, 3.8) is 0 Å². The maximum absolute atomic E-state index is 11.9. The first-order valence-corrected chi connectivity index (χ1v) is 7.53. The van der Waals surface area contributed by atoms with Crippen LogP contribution in [-0.4, -0.2) is 42.1 Å². The van der Waals surface area contributed by atoms with Crippen molar-refractivity contribution in [3.8, 4) is 0 Å².